The summed E-state index contributed by atoms with van der Waals surface area (Å²) >= 11 is 0. The highest BCUT2D eigenvalue weighted by molar-refractivity contribution is 5.74. The maximum absolute atomic E-state index is 13.3. The predicted molar refractivity (Wildman–Crippen MR) is 180 cm³/mol. The van der Waals surface area contributed by atoms with Crippen LogP contribution in [-0.2, 0) is 9.53 Å². The largest absolute Gasteiger partial charge is 0.462 e. The van der Waals surface area contributed by atoms with Crippen LogP contribution in [0.3, 0.4) is 0 Å². The van der Waals surface area contributed by atoms with Crippen molar-refractivity contribution in [3.05, 3.63) is 60.3 Å². The van der Waals surface area contributed by atoms with E-state index in [-0.39, 0.29) is 44.4 Å². The zero-order valence-electron chi connectivity index (χ0n) is 28.3. The number of aliphatic hydroxyl groups excluding tert-OH is 9. The van der Waals surface area contributed by atoms with Crippen molar-refractivity contribution in [1.29, 1.82) is 0 Å². The van der Waals surface area contributed by atoms with Gasteiger partial charge in [0.15, 0.2) is 0 Å². The second-order valence-electron chi connectivity index (χ2n) is 12.9. The van der Waals surface area contributed by atoms with Gasteiger partial charge in [-0.25, -0.2) is 0 Å². The molecule has 11 heteroatoms. The van der Waals surface area contributed by atoms with Gasteiger partial charge >= 0.3 is 5.97 Å². The number of unbranched alkanes of at least 4 members (excludes halogenated alkanes) is 2. The second kappa shape index (κ2) is 23.2. The average Bonchev–Trinajstić information content (AvgIpc) is 2.98. The molecule has 1 aliphatic heterocycles. The van der Waals surface area contributed by atoms with Gasteiger partial charge in [-0.1, -0.05) is 87.8 Å². The molecule has 9 N–H and O–H groups in total. The van der Waals surface area contributed by atoms with E-state index in [4.69, 9.17) is 4.74 Å². The molecule has 47 heavy (non-hydrogen) atoms. The Kier molecular flexibility index (Phi) is 21.2. The number of hydrogen-bond donors (Lipinski definition) is 9. The van der Waals surface area contributed by atoms with Gasteiger partial charge in [-0.2, -0.15) is 0 Å². The molecule has 0 aromatic rings. The van der Waals surface area contributed by atoms with E-state index in [1.54, 1.807) is 62.5 Å². The fourth-order valence-corrected chi connectivity index (χ4v) is 5.40. The summed E-state index contributed by atoms with van der Waals surface area (Å²) in [6.07, 6.45) is 4.14. The maximum atomic E-state index is 13.3. The molecule has 0 aliphatic carbocycles. The van der Waals surface area contributed by atoms with Crippen LogP contribution in [0.4, 0.5) is 0 Å². The Labute approximate surface area is 279 Å². The fraction of sp³-hybridized carbons (Fsp3) is 0.694. The van der Waals surface area contributed by atoms with E-state index in [1.165, 1.54) is 0 Å². The van der Waals surface area contributed by atoms with Crippen molar-refractivity contribution < 1.29 is 55.5 Å². The molecule has 0 unspecified atom stereocenters. The van der Waals surface area contributed by atoms with Crippen LogP contribution in [0.15, 0.2) is 60.3 Å². The second-order valence-corrected chi connectivity index (χ2v) is 12.9. The van der Waals surface area contributed by atoms with Gasteiger partial charge in [-0.05, 0) is 45.1 Å². The van der Waals surface area contributed by atoms with Gasteiger partial charge in [0.2, 0.25) is 0 Å². The molecule has 0 saturated heterocycles. The minimum atomic E-state index is -1.59. The standard InChI is InChI=1S/C36H60O11/c1-5-6-12-17-30(41)33-31(42)21-28(39)19-26(37)18-27(38)20-29(40)22-32(43)35(45)34(44)24(3)16-14-11-9-7-8-10-13-15-23(2)25(4)47-36(33)46/h7-11,13-16,23,25-35,37-45H,5-6,12,17-22H2,1-4H3/b9-7+,10-8+,14-11+,15-13+,24-16+/t23-,25+,26+,27-,28-,29-,30-,31-,32-,33+,34-,35+/m0/s1. The van der Waals surface area contributed by atoms with E-state index in [1.807, 2.05) is 19.9 Å². The van der Waals surface area contributed by atoms with Gasteiger partial charge in [0.1, 0.15) is 24.2 Å². The Bertz CT molecular complexity index is 1020. The molecule has 0 radical (unpaired) electrons. The summed E-state index contributed by atoms with van der Waals surface area (Å²) in [7, 11) is 0. The first-order valence-electron chi connectivity index (χ1n) is 16.9. The Morgan fingerprint density at radius 3 is 1.77 bits per heavy atom. The molecule has 1 aliphatic rings. The number of esters is 1. The van der Waals surface area contributed by atoms with Crippen molar-refractivity contribution in [2.75, 3.05) is 0 Å². The van der Waals surface area contributed by atoms with Crippen LogP contribution in [0.2, 0.25) is 0 Å². The minimum absolute atomic E-state index is 0.201. The summed E-state index contributed by atoms with van der Waals surface area (Å²) in [6.45, 7) is 7.17. The van der Waals surface area contributed by atoms with E-state index in [9.17, 15) is 50.8 Å². The lowest BCUT2D eigenvalue weighted by Crippen LogP contribution is -2.42. The van der Waals surface area contributed by atoms with Gasteiger partial charge < -0.3 is 50.7 Å². The number of aliphatic hydroxyl groups is 9. The number of allylic oxidation sites excluding steroid dienone is 8. The lowest BCUT2D eigenvalue weighted by atomic mass is 9.87. The molecular weight excluding hydrogens is 608 g/mol. The number of hydrogen-bond acceptors (Lipinski definition) is 11. The van der Waals surface area contributed by atoms with Crippen molar-refractivity contribution in [3.63, 3.8) is 0 Å². The normalized spacial score (nSPS) is 39.6. The molecule has 0 aromatic heterocycles. The van der Waals surface area contributed by atoms with Crippen molar-refractivity contribution in [3.8, 4) is 0 Å². The SMILES string of the molecule is CCCCC[C@H](O)[C@H]1C(=O)O[C@H](C)[C@@H](C)/C=C/C=C/C=C/C=C/C=C(\C)[C@H](O)[C@H](O)[C@@H](O)C[C@@H](O)C[C@@H](O)C[C@@H](O)C[C@H](O)C[C@@H]1O. The topological polar surface area (TPSA) is 208 Å². The van der Waals surface area contributed by atoms with Crippen LogP contribution >= 0.6 is 0 Å². The number of carbonyl (C=O) groups is 1. The Morgan fingerprint density at radius 2 is 1.21 bits per heavy atom. The summed E-state index contributed by atoms with van der Waals surface area (Å²) in [5, 5.41) is 95.0. The number of carbonyl (C=O) groups excluding carboxylic acids is 1. The van der Waals surface area contributed by atoms with Crippen LogP contribution in [0.25, 0.3) is 0 Å². The van der Waals surface area contributed by atoms with Gasteiger partial charge in [-0.3, -0.25) is 4.79 Å². The van der Waals surface area contributed by atoms with Gasteiger partial charge in [0.05, 0.1) is 42.7 Å². The molecule has 1 heterocycles. The molecule has 0 saturated carbocycles. The number of ether oxygens (including phenoxy) is 1. The van der Waals surface area contributed by atoms with E-state index < -0.39 is 72.9 Å². The predicted octanol–water partition coefficient (Wildman–Crippen LogP) is 2.13. The summed E-state index contributed by atoms with van der Waals surface area (Å²) in [6, 6.07) is 0. The monoisotopic (exact) mass is 668 g/mol. The van der Waals surface area contributed by atoms with E-state index in [0.717, 1.165) is 12.8 Å². The van der Waals surface area contributed by atoms with Gasteiger partial charge in [-0.15, -0.1) is 0 Å². The van der Waals surface area contributed by atoms with Gasteiger partial charge in [0, 0.05) is 18.8 Å². The lowest BCUT2D eigenvalue weighted by Gasteiger charge is -2.30. The molecule has 0 aromatic carbocycles. The quantitative estimate of drug-likeness (QED) is 0.153. The first-order chi connectivity index (χ1) is 22.2. The first kappa shape index (κ1) is 42.8. The molecule has 270 valence electrons. The van der Waals surface area contributed by atoms with E-state index >= 15 is 0 Å². The van der Waals surface area contributed by atoms with Crippen molar-refractivity contribution >= 4 is 5.97 Å². The summed E-state index contributed by atoms with van der Waals surface area (Å²) in [4.78, 5) is 13.3. The van der Waals surface area contributed by atoms with Crippen molar-refractivity contribution in [2.45, 2.75) is 147 Å². The zero-order chi connectivity index (χ0) is 35.5. The molecular formula is C36H60O11. The van der Waals surface area contributed by atoms with Crippen LogP contribution < -0.4 is 0 Å². The van der Waals surface area contributed by atoms with Crippen molar-refractivity contribution in [1.82, 2.24) is 0 Å². The van der Waals surface area contributed by atoms with E-state index in [2.05, 4.69) is 0 Å². The molecule has 0 amide bonds. The highest BCUT2D eigenvalue weighted by atomic mass is 16.5. The molecule has 0 fully saturated rings. The van der Waals surface area contributed by atoms with Gasteiger partial charge in [0.25, 0.3) is 0 Å². The molecule has 1 rings (SSSR count). The Balaban J connectivity index is 3.19. The minimum Gasteiger partial charge on any atom is -0.462 e. The third kappa shape index (κ3) is 17.2. The summed E-state index contributed by atoms with van der Waals surface area (Å²) in [5.41, 5.74) is 0.385. The maximum Gasteiger partial charge on any atom is 0.314 e. The average molecular weight is 669 g/mol. The molecule has 0 spiro atoms. The smallest absolute Gasteiger partial charge is 0.314 e. The summed E-state index contributed by atoms with van der Waals surface area (Å²) in [5.74, 6) is -2.30. The van der Waals surface area contributed by atoms with Crippen LogP contribution in [0, 0.1) is 11.8 Å². The van der Waals surface area contributed by atoms with Crippen LogP contribution in [-0.4, -0.2) is 113 Å². The first-order valence-corrected chi connectivity index (χ1v) is 16.9. The highest BCUT2D eigenvalue weighted by Gasteiger charge is 2.37. The third-order valence-corrected chi connectivity index (χ3v) is 8.53. The lowest BCUT2D eigenvalue weighted by molar-refractivity contribution is -0.166. The number of cyclic esters (lactones) is 1. The van der Waals surface area contributed by atoms with Crippen LogP contribution in [0.1, 0.15) is 85.5 Å². The zero-order valence-corrected chi connectivity index (χ0v) is 28.3. The number of rotatable bonds is 5. The Hall–Kier alpha value is -2.19. The highest BCUT2D eigenvalue weighted by Crippen LogP contribution is 2.25. The Morgan fingerprint density at radius 1 is 0.723 bits per heavy atom. The molecule has 11 nitrogen and oxygen atoms in total. The molecule has 12 atom stereocenters. The van der Waals surface area contributed by atoms with Crippen molar-refractivity contribution in [2.24, 2.45) is 11.8 Å². The molecule has 0 bridgehead atoms. The fourth-order valence-electron chi connectivity index (χ4n) is 5.40. The van der Waals surface area contributed by atoms with Crippen LogP contribution in [0.5, 0.6) is 0 Å². The third-order valence-electron chi connectivity index (χ3n) is 8.53. The summed E-state index contributed by atoms with van der Waals surface area (Å²) < 4.78 is 5.66. The van der Waals surface area contributed by atoms with E-state index in [0.29, 0.717) is 12.0 Å².